The van der Waals surface area contributed by atoms with Gasteiger partial charge in [0, 0.05) is 24.3 Å². The second kappa shape index (κ2) is 13.4. The molecule has 206 valence electrons. The molecule has 1 amide bonds. The summed E-state index contributed by atoms with van der Waals surface area (Å²) in [5.41, 5.74) is 1.37. The van der Waals surface area contributed by atoms with Crippen molar-refractivity contribution in [2.75, 3.05) is 38.5 Å². The van der Waals surface area contributed by atoms with Crippen LogP contribution >= 0.6 is 11.8 Å². The molecule has 0 spiro atoms. The van der Waals surface area contributed by atoms with Crippen LogP contribution in [0.5, 0.6) is 0 Å². The van der Waals surface area contributed by atoms with Crippen molar-refractivity contribution in [3.05, 3.63) is 70.0 Å². The van der Waals surface area contributed by atoms with Gasteiger partial charge in [0.25, 0.3) is 11.5 Å². The van der Waals surface area contributed by atoms with Crippen molar-refractivity contribution in [1.29, 1.82) is 0 Å². The normalized spacial score (nSPS) is 17.9. The average Bonchev–Trinajstić information content (AvgIpc) is 3.49. The number of thioether (sulfide) groups is 1. The lowest BCUT2D eigenvalue weighted by atomic mass is 10.1. The molecule has 0 aliphatic carbocycles. The lowest BCUT2D eigenvalue weighted by Gasteiger charge is -2.26. The van der Waals surface area contributed by atoms with Crippen LogP contribution in [-0.2, 0) is 11.3 Å². The van der Waals surface area contributed by atoms with E-state index in [1.807, 2.05) is 18.2 Å². The summed E-state index contributed by atoms with van der Waals surface area (Å²) in [7, 11) is 0. The van der Waals surface area contributed by atoms with Gasteiger partial charge in [-0.2, -0.15) is 0 Å². The van der Waals surface area contributed by atoms with Gasteiger partial charge in [0.15, 0.2) is 10.9 Å². The zero-order chi connectivity index (χ0) is 27.0. The first kappa shape index (κ1) is 27.6. The average molecular weight is 549 g/mol. The van der Waals surface area contributed by atoms with Crippen LogP contribution in [0, 0.1) is 0 Å². The zero-order valence-corrected chi connectivity index (χ0v) is 23.1. The lowest BCUT2D eigenvalue weighted by Crippen LogP contribution is -2.33. The van der Waals surface area contributed by atoms with Crippen LogP contribution in [0.15, 0.2) is 58.5 Å². The Hall–Kier alpha value is -3.01. The van der Waals surface area contributed by atoms with E-state index in [1.165, 1.54) is 31.0 Å². The first-order chi connectivity index (χ1) is 19.1. The van der Waals surface area contributed by atoms with Crippen molar-refractivity contribution < 1.29 is 14.3 Å². The Morgan fingerprint density at radius 3 is 2.62 bits per heavy atom. The van der Waals surface area contributed by atoms with Crippen LogP contribution in [0.1, 0.15) is 59.2 Å². The van der Waals surface area contributed by atoms with Gasteiger partial charge in [-0.15, -0.1) is 0 Å². The van der Waals surface area contributed by atoms with Crippen molar-refractivity contribution in [2.45, 2.75) is 56.3 Å². The van der Waals surface area contributed by atoms with Crippen LogP contribution in [0.2, 0.25) is 0 Å². The SMILES string of the molecule is O=C(CSc1nc2cc(C(=O)NCCCN3CCCCC3)ccc2c(=O)n1C[C@@H]1CCCO1)c1ccccc1. The highest BCUT2D eigenvalue weighted by atomic mass is 32.2. The fraction of sp³-hybridized carbons (Fsp3) is 0.467. The van der Waals surface area contributed by atoms with Gasteiger partial charge in [-0.25, -0.2) is 4.98 Å². The number of Topliss-reactive ketones (excluding diaryl/α,β-unsaturated/α-hetero) is 1. The van der Waals surface area contributed by atoms with E-state index >= 15 is 0 Å². The number of hydrogen-bond donors (Lipinski definition) is 1. The summed E-state index contributed by atoms with van der Waals surface area (Å²) in [6.07, 6.45) is 6.52. The van der Waals surface area contributed by atoms with Gasteiger partial charge in [0.2, 0.25) is 0 Å². The number of nitrogens with one attached hydrogen (secondary N) is 1. The molecule has 3 heterocycles. The molecule has 2 fully saturated rings. The monoisotopic (exact) mass is 548 g/mol. The third-order valence-electron chi connectivity index (χ3n) is 7.41. The third-order valence-corrected chi connectivity index (χ3v) is 8.38. The summed E-state index contributed by atoms with van der Waals surface area (Å²) in [6, 6.07) is 14.2. The summed E-state index contributed by atoms with van der Waals surface area (Å²) in [5, 5.41) is 3.92. The minimum atomic E-state index is -0.182. The molecule has 2 aromatic carbocycles. The standard InChI is InChI=1S/C30H36N4O4S/c35-27(22-9-3-1-4-10-22)21-39-30-32-26-19-23(28(36)31-14-8-17-33-15-5-2-6-16-33)12-13-25(26)29(37)34(30)20-24-11-7-18-38-24/h1,3-4,9-10,12-13,19,24H,2,5-8,11,14-18,20-21H2,(H,31,36)/t24-/m0/s1. The van der Waals surface area contributed by atoms with Crippen molar-refractivity contribution in [3.8, 4) is 0 Å². The van der Waals surface area contributed by atoms with Crippen molar-refractivity contribution >= 4 is 34.4 Å². The van der Waals surface area contributed by atoms with Crippen molar-refractivity contribution in [3.63, 3.8) is 0 Å². The van der Waals surface area contributed by atoms with Gasteiger partial charge in [0.1, 0.15) is 0 Å². The Morgan fingerprint density at radius 1 is 1.03 bits per heavy atom. The first-order valence-electron chi connectivity index (χ1n) is 14.0. The molecule has 1 aromatic heterocycles. The van der Waals surface area contributed by atoms with Crippen LogP contribution in [0.3, 0.4) is 0 Å². The molecular formula is C30H36N4O4S. The van der Waals surface area contributed by atoms with Gasteiger partial charge >= 0.3 is 0 Å². The predicted molar refractivity (Wildman–Crippen MR) is 154 cm³/mol. The zero-order valence-electron chi connectivity index (χ0n) is 22.3. The fourth-order valence-electron chi connectivity index (χ4n) is 5.23. The molecule has 0 bridgehead atoms. The summed E-state index contributed by atoms with van der Waals surface area (Å²) >= 11 is 1.25. The highest BCUT2D eigenvalue weighted by Gasteiger charge is 2.21. The fourth-order valence-corrected chi connectivity index (χ4v) is 6.14. The lowest BCUT2D eigenvalue weighted by molar-refractivity contribution is 0.0937. The molecule has 39 heavy (non-hydrogen) atoms. The molecule has 0 saturated carbocycles. The summed E-state index contributed by atoms with van der Waals surface area (Å²) in [6.45, 7) is 4.96. The number of ketones is 1. The first-order valence-corrected chi connectivity index (χ1v) is 14.9. The van der Waals surface area contributed by atoms with E-state index in [1.54, 1.807) is 34.9 Å². The molecule has 2 aliphatic heterocycles. The molecule has 3 aromatic rings. The van der Waals surface area contributed by atoms with E-state index < -0.39 is 0 Å². The Labute approximate surface area is 233 Å². The van der Waals surface area contributed by atoms with E-state index in [0.29, 0.717) is 46.9 Å². The quantitative estimate of drug-likeness (QED) is 0.166. The Balaban J connectivity index is 1.32. The van der Waals surface area contributed by atoms with Crippen LogP contribution in [-0.4, -0.2) is 70.8 Å². The second-order valence-corrected chi connectivity index (χ2v) is 11.2. The molecule has 1 atom stereocenters. The number of likely N-dealkylation sites (tertiary alicyclic amines) is 1. The summed E-state index contributed by atoms with van der Waals surface area (Å²) in [4.78, 5) is 46.4. The van der Waals surface area contributed by atoms with Gasteiger partial charge in [-0.3, -0.25) is 19.0 Å². The smallest absolute Gasteiger partial charge is 0.262 e. The highest BCUT2D eigenvalue weighted by molar-refractivity contribution is 7.99. The molecule has 2 aliphatic rings. The number of nitrogens with zero attached hydrogens (tertiary/aromatic N) is 3. The molecule has 9 heteroatoms. The Kier molecular flexibility index (Phi) is 9.44. The molecule has 2 saturated heterocycles. The number of carbonyl (C=O) groups excluding carboxylic acids is 2. The number of piperidine rings is 1. The summed E-state index contributed by atoms with van der Waals surface area (Å²) in [5.74, 6) is -0.0457. The van der Waals surface area contributed by atoms with E-state index in [9.17, 15) is 14.4 Å². The van der Waals surface area contributed by atoms with E-state index in [4.69, 9.17) is 9.72 Å². The number of ether oxygens (including phenoxy) is 1. The van der Waals surface area contributed by atoms with Gasteiger partial charge < -0.3 is 15.0 Å². The number of benzene rings is 2. The second-order valence-electron chi connectivity index (χ2n) is 10.3. The highest BCUT2D eigenvalue weighted by Crippen LogP contribution is 2.23. The predicted octanol–water partition coefficient (Wildman–Crippen LogP) is 4.16. The van der Waals surface area contributed by atoms with E-state index in [0.717, 1.165) is 38.9 Å². The van der Waals surface area contributed by atoms with Crippen LogP contribution in [0.25, 0.3) is 10.9 Å². The number of fused-ring (bicyclic) bond motifs is 1. The number of carbonyl (C=O) groups is 2. The molecule has 5 rings (SSSR count). The molecule has 0 radical (unpaired) electrons. The topological polar surface area (TPSA) is 93.5 Å². The van der Waals surface area contributed by atoms with Crippen molar-refractivity contribution in [1.82, 2.24) is 19.8 Å². The minimum absolute atomic E-state index is 0.0312. The third kappa shape index (κ3) is 7.15. The number of aromatic nitrogens is 2. The van der Waals surface area contributed by atoms with E-state index in [-0.39, 0.29) is 29.1 Å². The largest absolute Gasteiger partial charge is 0.376 e. The van der Waals surface area contributed by atoms with Gasteiger partial charge in [0.05, 0.1) is 29.3 Å². The maximum Gasteiger partial charge on any atom is 0.262 e. The molecule has 1 N–H and O–H groups in total. The number of rotatable bonds is 11. The minimum Gasteiger partial charge on any atom is -0.376 e. The maximum atomic E-state index is 13.6. The van der Waals surface area contributed by atoms with Crippen LogP contribution < -0.4 is 10.9 Å². The Morgan fingerprint density at radius 2 is 1.85 bits per heavy atom. The Bertz CT molecular complexity index is 1350. The summed E-state index contributed by atoms with van der Waals surface area (Å²) < 4.78 is 7.42. The number of hydrogen-bond acceptors (Lipinski definition) is 7. The number of amides is 1. The van der Waals surface area contributed by atoms with E-state index in [2.05, 4.69) is 10.2 Å². The van der Waals surface area contributed by atoms with Gasteiger partial charge in [-0.1, -0.05) is 48.5 Å². The van der Waals surface area contributed by atoms with Gasteiger partial charge in [-0.05, 0) is 69.9 Å². The maximum absolute atomic E-state index is 13.6. The molecular weight excluding hydrogens is 512 g/mol. The van der Waals surface area contributed by atoms with Crippen LogP contribution in [0.4, 0.5) is 0 Å². The molecule has 8 nitrogen and oxygen atoms in total. The molecule has 0 unspecified atom stereocenters. The van der Waals surface area contributed by atoms with Crippen molar-refractivity contribution in [2.24, 2.45) is 0 Å².